The molecule has 164 valence electrons. The number of amides is 1. The Balaban J connectivity index is 1.75. The number of carbonyl (C=O) groups excluding carboxylic acids is 1. The lowest BCUT2D eigenvalue weighted by atomic mass is 10.1. The largest absolute Gasteiger partial charge is 0.417 e. The Bertz CT molecular complexity index is 1120. The number of rotatable bonds is 4. The first-order valence-corrected chi connectivity index (χ1v) is 11.1. The second kappa shape index (κ2) is 8.49. The van der Waals surface area contributed by atoms with E-state index in [0.29, 0.717) is 22.7 Å². The van der Waals surface area contributed by atoms with Crippen LogP contribution in [0.25, 0.3) is 22.7 Å². The van der Waals surface area contributed by atoms with E-state index in [2.05, 4.69) is 15.0 Å². The number of fused-ring (bicyclic) bond motifs is 1. The van der Waals surface area contributed by atoms with Crippen molar-refractivity contribution in [3.8, 4) is 11.5 Å². The second-order valence-corrected chi connectivity index (χ2v) is 8.72. The van der Waals surface area contributed by atoms with Crippen LogP contribution in [0.5, 0.6) is 0 Å². The molecular weight excluding hydrogens is 427 g/mol. The number of pyridine rings is 2. The third-order valence-corrected chi connectivity index (χ3v) is 6.20. The number of aryl methyl sites for hydroxylation is 1. The van der Waals surface area contributed by atoms with E-state index >= 15 is 0 Å². The predicted molar refractivity (Wildman–Crippen MR) is 113 cm³/mol. The second-order valence-electron chi connectivity index (χ2n) is 7.42. The molecule has 0 bridgehead atoms. The topological polar surface area (TPSA) is 63.9 Å². The van der Waals surface area contributed by atoms with Crippen LogP contribution < -0.4 is 0 Å². The Kier molecular flexibility index (Phi) is 5.92. The molecule has 4 heterocycles. The van der Waals surface area contributed by atoms with Gasteiger partial charge in [-0.3, -0.25) is 9.78 Å². The van der Waals surface area contributed by atoms with E-state index in [1.54, 1.807) is 17.7 Å². The van der Waals surface area contributed by atoms with E-state index in [-0.39, 0.29) is 11.4 Å². The average molecular weight is 450 g/mol. The molecule has 0 aliphatic carbocycles. The zero-order valence-corrected chi connectivity index (χ0v) is 18.1. The van der Waals surface area contributed by atoms with Crippen LogP contribution in [0.2, 0.25) is 0 Å². The first-order valence-electron chi connectivity index (χ1n) is 10.1. The van der Waals surface area contributed by atoms with Crippen LogP contribution in [-0.2, 0) is 13.2 Å². The number of imidazole rings is 1. The molecule has 1 aliphatic rings. The Morgan fingerprint density at radius 1 is 1.13 bits per heavy atom. The first kappa shape index (κ1) is 21.6. The van der Waals surface area contributed by atoms with Crippen LogP contribution in [0.1, 0.15) is 42.1 Å². The summed E-state index contributed by atoms with van der Waals surface area (Å²) < 4.78 is 40.8. The predicted octanol–water partition coefficient (Wildman–Crippen LogP) is 4.79. The molecule has 0 unspecified atom stereocenters. The van der Waals surface area contributed by atoms with Gasteiger partial charge in [0.2, 0.25) is 0 Å². The maximum atomic E-state index is 13.1. The number of aromatic nitrogens is 4. The summed E-state index contributed by atoms with van der Waals surface area (Å²) in [6.07, 6.45) is 0.982. The summed E-state index contributed by atoms with van der Waals surface area (Å²) in [5, 5.41) is 0. The Labute approximate surface area is 181 Å². The molecular formula is C21H22F3N5OS. The number of likely N-dealkylation sites (tertiary alicyclic amines) is 1. The number of halogens is 3. The zero-order valence-electron chi connectivity index (χ0n) is 17.2. The van der Waals surface area contributed by atoms with Crippen molar-refractivity contribution in [2.75, 3.05) is 18.8 Å². The van der Waals surface area contributed by atoms with E-state index in [0.717, 1.165) is 55.3 Å². The molecule has 10 heteroatoms. The van der Waals surface area contributed by atoms with Crippen LogP contribution >= 0.6 is 11.8 Å². The van der Waals surface area contributed by atoms with Gasteiger partial charge < -0.3 is 9.47 Å². The molecule has 1 fully saturated rings. The Morgan fingerprint density at radius 2 is 1.87 bits per heavy atom. The van der Waals surface area contributed by atoms with Crippen LogP contribution in [0.4, 0.5) is 13.2 Å². The molecule has 31 heavy (non-hydrogen) atoms. The number of piperidine rings is 1. The molecule has 0 saturated carbocycles. The van der Waals surface area contributed by atoms with Gasteiger partial charge in [-0.1, -0.05) is 6.92 Å². The van der Waals surface area contributed by atoms with Crippen molar-refractivity contribution in [3.05, 3.63) is 35.7 Å². The number of alkyl halides is 3. The molecule has 1 amide bonds. The number of thioether (sulfide) groups is 1. The highest BCUT2D eigenvalue weighted by molar-refractivity contribution is 7.99. The third-order valence-electron chi connectivity index (χ3n) is 5.29. The Morgan fingerprint density at radius 3 is 2.55 bits per heavy atom. The van der Waals surface area contributed by atoms with Crippen molar-refractivity contribution >= 4 is 28.8 Å². The molecule has 3 aromatic heterocycles. The van der Waals surface area contributed by atoms with E-state index in [9.17, 15) is 18.0 Å². The van der Waals surface area contributed by atoms with Crippen LogP contribution in [0, 0.1) is 0 Å². The lowest BCUT2D eigenvalue weighted by molar-refractivity contribution is -0.137. The van der Waals surface area contributed by atoms with Crippen LogP contribution in [-0.4, -0.2) is 49.2 Å². The summed E-state index contributed by atoms with van der Waals surface area (Å²) in [6.45, 7) is 3.48. The van der Waals surface area contributed by atoms with Gasteiger partial charge in [-0.05, 0) is 37.1 Å². The van der Waals surface area contributed by atoms with Crippen LogP contribution in [0.3, 0.4) is 0 Å². The SMILES string of the molecule is CCSc1cc(C(=O)N2CCCCC2)cnc1-c1nc2cc(C(F)(F)F)cnc2n1C. The van der Waals surface area contributed by atoms with E-state index in [1.807, 2.05) is 11.8 Å². The van der Waals surface area contributed by atoms with Gasteiger partial charge in [0.15, 0.2) is 11.5 Å². The highest BCUT2D eigenvalue weighted by Crippen LogP contribution is 2.34. The van der Waals surface area contributed by atoms with Gasteiger partial charge in [-0.25, -0.2) is 9.97 Å². The maximum Gasteiger partial charge on any atom is 0.417 e. The quantitative estimate of drug-likeness (QED) is 0.536. The Hall–Kier alpha value is -2.62. The first-order chi connectivity index (χ1) is 14.8. The van der Waals surface area contributed by atoms with Crippen molar-refractivity contribution in [3.63, 3.8) is 0 Å². The summed E-state index contributed by atoms with van der Waals surface area (Å²) in [5.41, 5.74) is 0.679. The van der Waals surface area contributed by atoms with Gasteiger partial charge in [0.1, 0.15) is 11.2 Å². The highest BCUT2D eigenvalue weighted by Gasteiger charge is 2.32. The zero-order chi connectivity index (χ0) is 22.2. The number of nitrogens with zero attached hydrogens (tertiary/aromatic N) is 5. The summed E-state index contributed by atoms with van der Waals surface area (Å²) in [5.74, 6) is 1.11. The number of hydrogen-bond donors (Lipinski definition) is 0. The molecule has 0 aromatic carbocycles. The molecule has 6 nitrogen and oxygen atoms in total. The van der Waals surface area contributed by atoms with Gasteiger partial charge in [0.05, 0.1) is 11.1 Å². The van der Waals surface area contributed by atoms with Crippen molar-refractivity contribution in [2.45, 2.75) is 37.3 Å². The van der Waals surface area contributed by atoms with E-state index < -0.39 is 11.7 Å². The molecule has 4 rings (SSSR count). The molecule has 1 saturated heterocycles. The monoisotopic (exact) mass is 449 g/mol. The lowest BCUT2D eigenvalue weighted by Gasteiger charge is -2.26. The number of hydrogen-bond acceptors (Lipinski definition) is 5. The lowest BCUT2D eigenvalue weighted by Crippen LogP contribution is -2.35. The normalized spacial score (nSPS) is 14.9. The summed E-state index contributed by atoms with van der Waals surface area (Å²) in [4.78, 5) is 28.4. The van der Waals surface area contributed by atoms with Gasteiger partial charge in [-0.2, -0.15) is 13.2 Å². The van der Waals surface area contributed by atoms with Crippen LogP contribution in [0.15, 0.2) is 29.4 Å². The van der Waals surface area contributed by atoms with E-state index in [4.69, 9.17) is 0 Å². The fourth-order valence-corrected chi connectivity index (χ4v) is 4.52. The smallest absolute Gasteiger partial charge is 0.339 e. The molecule has 0 N–H and O–H groups in total. The van der Waals surface area contributed by atoms with Gasteiger partial charge in [0.25, 0.3) is 5.91 Å². The molecule has 1 aliphatic heterocycles. The molecule has 3 aromatic rings. The fourth-order valence-electron chi connectivity index (χ4n) is 3.72. The van der Waals surface area contributed by atoms with Crippen molar-refractivity contribution in [1.82, 2.24) is 24.4 Å². The van der Waals surface area contributed by atoms with Gasteiger partial charge in [-0.15, -0.1) is 11.8 Å². The number of carbonyl (C=O) groups is 1. The van der Waals surface area contributed by atoms with E-state index in [1.165, 1.54) is 18.0 Å². The van der Waals surface area contributed by atoms with Crippen molar-refractivity contribution in [2.24, 2.45) is 7.05 Å². The minimum absolute atomic E-state index is 0.0433. The minimum atomic E-state index is -4.49. The average Bonchev–Trinajstić information content (AvgIpc) is 3.09. The molecule has 0 atom stereocenters. The standard InChI is InChI=1S/C21H22F3N5OS/c1-3-31-16-9-13(20(30)29-7-5-4-6-8-29)11-25-17(16)19-27-15-10-14(21(22,23)24)12-26-18(15)28(19)2/h9-12H,3-8H2,1-2H3. The van der Waals surface area contributed by atoms with Crippen molar-refractivity contribution in [1.29, 1.82) is 0 Å². The molecule has 0 radical (unpaired) electrons. The summed E-state index contributed by atoms with van der Waals surface area (Å²) in [7, 11) is 1.69. The van der Waals surface area contributed by atoms with Gasteiger partial charge in [0, 0.05) is 37.4 Å². The summed E-state index contributed by atoms with van der Waals surface area (Å²) >= 11 is 1.51. The maximum absolute atomic E-state index is 13.1. The minimum Gasteiger partial charge on any atom is -0.339 e. The van der Waals surface area contributed by atoms with Crippen molar-refractivity contribution < 1.29 is 18.0 Å². The van der Waals surface area contributed by atoms with Gasteiger partial charge >= 0.3 is 6.18 Å². The summed E-state index contributed by atoms with van der Waals surface area (Å²) in [6, 6.07) is 2.80. The molecule has 0 spiro atoms. The highest BCUT2D eigenvalue weighted by atomic mass is 32.2. The third kappa shape index (κ3) is 4.26. The fraction of sp³-hybridized carbons (Fsp3) is 0.429.